The maximum Gasteiger partial charge on any atom is 0.242 e. The van der Waals surface area contributed by atoms with Gasteiger partial charge in [-0.1, -0.05) is 53.2 Å². The summed E-state index contributed by atoms with van der Waals surface area (Å²) in [5.41, 5.74) is 2.30. The Balaban J connectivity index is 1.68. The fraction of sp³-hybridized carbons (Fsp3) is 0.176. The van der Waals surface area contributed by atoms with Gasteiger partial charge in [-0.15, -0.1) is 0 Å². The van der Waals surface area contributed by atoms with Gasteiger partial charge in [-0.2, -0.15) is 4.98 Å². The Bertz CT molecular complexity index is 986. The molecule has 0 atom stereocenters. The Labute approximate surface area is 150 Å². The van der Waals surface area contributed by atoms with Crippen LogP contribution in [0, 0.1) is 6.92 Å². The van der Waals surface area contributed by atoms with Crippen molar-refractivity contribution in [1.29, 1.82) is 0 Å². The minimum atomic E-state index is -3.52. The number of sulfonamides is 1. The third-order valence-corrected chi connectivity index (χ3v) is 5.24. The van der Waals surface area contributed by atoms with Gasteiger partial charge >= 0.3 is 0 Å². The molecule has 1 heterocycles. The number of benzene rings is 2. The van der Waals surface area contributed by atoms with E-state index in [2.05, 4.69) is 14.9 Å². The quantitative estimate of drug-likeness (QED) is 0.712. The number of nitrogens with one attached hydrogen (secondary N) is 1. The van der Waals surface area contributed by atoms with Crippen LogP contribution in [0.1, 0.15) is 17.0 Å². The van der Waals surface area contributed by atoms with E-state index in [0.717, 1.165) is 11.1 Å². The second-order valence-electron chi connectivity index (χ2n) is 5.50. The van der Waals surface area contributed by atoms with Crippen molar-refractivity contribution in [2.24, 2.45) is 0 Å². The number of hydrogen-bond donors (Lipinski definition) is 1. The molecule has 8 heteroatoms. The van der Waals surface area contributed by atoms with Gasteiger partial charge in [-0.3, -0.25) is 0 Å². The zero-order chi connectivity index (χ0) is 17.9. The van der Waals surface area contributed by atoms with Gasteiger partial charge < -0.3 is 4.52 Å². The molecule has 0 aliphatic heterocycles. The van der Waals surface area contributed by atoms with Gasteiger partial charge in [-0.25, -0.2) is 13.1 Å². The molecule has 0 amide bonds. The molecular weight excluding hydrogens is 362 g/mol. The third kappa shape index (κ3) is 4.45. The van der Waals surface area contributed by atoms with E-state index >= 15 is 0 Å². The van der Waals surface area contributed by atoms with Gasteiger partial charge in [0.1, 0.15) is 0 Å². The maximum absolute atomic E-state index is 12.2. The minimum absolute atomic E-state index is 0.0777. The zero-order valence-corrected chi connectivity index (χ0v) is 15.0. The van der Waals surface area contributed by atoms with E-state index < -0.39 is 10.0 Å². The summed E-state index contributed by atoms with van der Waals surface area (Å²) < 4.78 is 32.0. The lowest BCUT2D eigenvalue weighted by atomic mass is 10.1. The summed E-state index contributed by atoms with van der Waals surface area (Å²) >= 11 is 6.09. The van der Waals surface area contributed by atoms with Gasteiger partial charge in [0.05, 0.1) is 17.3 Å². The molecule has 0 spiro atoms. The van der Waals surface area contributed by atoms with Crippen LogP contribution in [0.25, 0.3) is 11.4 Å². The molecule has 6 nitrogen and oxygen atoms in total. The van der Waals surface area contributed by atoms with Crippen molar-refractivity contribution >= 4 is 21.6 Å². The topological polar surface area (TPSA) is 85.1 Å². The van der Waals surface area contributed by atoms with Crippen molar-refractivity contribution < 1.29 is 12.9 Å². The summed E-state index contributed by atoms with van der Waals surface area (Å²) in [6, 6.07) is 14.4. The summed E-state index contributed by atoms with van der Waals surface area (Å²) in [6.07, 6.45) is 0. The molecule has 0 fully saturated rings. The van der Waals surface area contributed by atoms with Crippen LogP contribution in [-0.2, 0) is 22.3 Å². The van der Waals surface area contributed by atoms with Crippen molar-refractivity contribution in [2.75, 3.05) is 0 Å². The van der Waals surface area contributed by atoms with Crippen LogP contribution >= 0.6 is 11.6 Å². The number of nitrogens with zero attached hydrogens (tertiary/aromatic N) is 2. The van der Waals surface area contributed by atoms with E-state index in [1.54, 1.807) is 24.3 Å². The standard InChI is InChI=1S/C17H16ClN3O3S/c1-12-6-2-3-7-13(12)11-25(22,23)19-10-16-20-17(21-24-16)14-8-4-5-9-15(14)18/h2-9,19H,10-11H2,1H3. The predicted molar refractivity (Wildman–Crippen MR) is 95.4 cm³/mol. The Hall–Kier alpha value is -2.22. The smallest absolute Gasteiger partial charge is 0.242 e. The highest BCUT2D eigenvalue weighted by molar-refractivity contribution is 7.88. The number of aryl methyl sites for hydroxylation is 1. The summed E-state index contributed by atoms with van der Waals surface area (Å²) in [5, 5.41) is 4.34. The molecule has 0 saturated carbocycles. The fourth-order valence-corrected chi connectivity index (χ4v) is 3.68. The number of aromatic nitrogens is 2. The van der Waals surface area contributed by atoms with Crippen LogP contribution in [0.3, 0.4) is 0 Å². The van der Waals surface area contributed by atoms with Crippen LogP contribution in [0.5, 0.6) is 0 Å². The highest BCUT2D eigenvalue weighted by Crippen LogP contribution is 2.24. The molecule has 25 heavy (non-hydrogen) atoms. The predicted octanol–water partition coefficient (Wildman–Crippen LogP) is 3.32. The first kappa shape index (κ1) is 17.6. The van der Waals surface area contributed by atoms with Gasteiger partial charge in [0.15, 0.2) is 0 Å². The van der Waals surface area contributed by atoms with Gasteiger partial charge in [0.2, 0.25) is 21.7 Å². The van der Waals surface area contributed by atoms with E-state index in [-0.39, 0.29) is 18.2 Å². The lowest BCUT2D eigenvalue weighted by molar-refractivity contribution is 0.376. The maximum atomic E-state index is 12.2. The molecule has 1 N–H and O–H groups in total. The highest BCUT2D eigenvalue weighted by Gasteiger charge is 2.16. The third-order valence-electron chi connectivity index (χ3n) is 3.63. The summed E-state index contributed by atoms with van der Waals surface area (Å²) in [7, 11) is -3.52. The molecule has 2 aromatic carbocycles. The zero-order valence-electron chi connectivity index (χ0n) is 13.4. The van der Waals surface area contributed by atoms with Crippen LogP contribution in [0.4, 0.5) is 0 Å². The molecule has 3 aromatic rings. The molecule has 1 aromatic heterocycles. The highest BCUT2D eigenvalue weighted by atomic mass is 35.5. The second-order valence-corrected chi connectivity index (χ2v) is 7.71. The van der Waals surface area contributed by atoms with Gasteiger partial charge in [-0.05, 0) is 30.2 Å². The minimum Gasteiger partial charge on any atom is -0.338 e. The number of hydrogen-bond acceptors (Lipinski definition) is 5. The summed E-state index contributed by atoms with van der Waals surface area (Å²) in [5.74, 6) is 0.382. The summed E-state index contributed by atoms with van der Waals surface area (Å²) in [6.45, 7) is 1.80. The Morgan fingerprint density at radius 2 is 1.84 bits per heavy atom. The van der Waals surface area contributed by atoms with Crippen LogP contribution < -0.4 is 4.72 Å². The summed E-state index contributed by atoms with van der Waals surface area (Å²) in [4.78, 5) is 4.18. The fourth-order valence-electron chi connectivity index (χ4n) is 2.28. The van der Waals surface area contributed by atoms with E-state index in [9.17, 15) is 8.42 Å². The van der Waals surface area contributed by atoms with Gasteiger partial charge in [0.25, 0.3) is 0 Å². The Morgan fingerprint density at radius 1 is 1.12 bits per heavy atom. The van der Waals surface area contributed by atoms with Crippen molar-refractivity contribution in [1.82, 2.24) is 14.9 Å². The van der Waals surface area contributed by atoms with Crippen LogP contribution in [-0.4, -0.2) is 18.6 Å². The molecule has 0 aliphatic carbocycles. The molecule has 0 unspecified atom stereocenters. The number of halogens is 1. The monoisotopic (exact) mass is 377 g/mol. The molecule has 0 saturated heterocycles. The number of rotatable bonds is 6. The second kappa shape index (κ2) is 7.35. The molecule has 130 valence electrons. The lowest BCUT2D eigenvalue weighted by Gasteiger charge is -2.07. The largest absolute Gasteiger partial charge is 0.338 e. The van der Waals surface area contributed by atoms with E-state index in [4.69, 9.17) is 16.1 Å². The average Bonchev–Trinajstić information content (AvgIpc) is 3.04. The van der Waals surface area contributed by atoms with Crippen molar-refractivity contribution in [3.05, 3.63) is 70.6 Å². The first-order valence-corrected chi connectivity index (χ1v) is 9.57. The Morgan fingerprint density at radius 3 is 2.60 bits per heavy atom. The average molecular weight is 378 g/mol. The van der Waals surface area contributed by atoms with Crippen molar-refractivity contribution in [2.45, 2.75) is 19.2 Å². The first-order chi connectivity index (χ1) is 11.9. The van der Waals surface area contributed by atoms with Crippen LogP contribution in [0.15, 0.2) is 53.1 Å². The van der Waals surface area contributed by atoms with Gasteiger partial charge in [0, 0.05) is 5.56 Å². The normalized spacial score (nSPS) is 11.6. The molecular formula is C17H16ClN3O3S. The molecule has 0 bridgehead atoms. The van der Waals surface area contributed by atoms with E-state index in [1.807, 2.05) is 31.2 Å². The molecule has 3 rings (SSSR count). The van der Waals surface area contributed by atoms with E-state index in [0.29, 0.717) is 16.4 Å². The molecule has 0 radical (unpaired) electrons. The lowest BCUT2D eigenvalue weighted by Crippen LogP contribution is -2.25. The SMILES string of the molecule is Cc1ccccc1CS(=O)(=O)NCc1nc(-c2ccccc2Cl)no1. The Kier molecular flexibility index (Phi) is 5.17. The molecule has 0 aliphatic rings. The van der Waals surface area contributed by atoms with Crippen LogP contribution in [0.2, 0.25) is 5.02 Å². The van der Waals surface area contributed by atoms with Crippen molar-refractivity contribution in [3.63, 3.8) is 0 Å². The van der Waals surface area contributed by atoms with Crippen molar-refractivity contribution in [3.8, 4) is 11.4 Å². The first-order valence-electron chi connectivity index (χ1n) is 7.54. The van der Waals surface area contributed by atoms with E-state index in [1.165, 1.54) is 0 Å².